The number of hydrogen-bond acceptors (Lipinski definition) is 19. The number of nitrogens with one attached hydrogen (secondary N) is 18. The van der Waals surface area contributed by atoms with E-state index in [-0.39, 0.29) is 103 Å². The van der Waals surface area contributed by atoms with Gasteiger partial charge in [-0.2, -0.15) is 0 Å². The Bertz CT molecular complexity index is 3790. The predicted molar refractivity (Wildman–Crippen MR) is 412 cm³/mol. The van der Waals surface area contributed by atoms with Crippen molar-refractivity contribution in [3.63, 3.8) is 0 Å². The van der Waals surface area contributed by atoms with Crippen molar-refractivity contribution < 1.29 is 78.0 Å². The lowest BCUT2D eigenvalue weighted by atomic mass is 10.0. The number of guanidine groups is 4. The Labute approximate surface area is 647 Å². The van der Waals surface area contributed by atoms with Crippen molar-refractivity contribution in [3.05, 3.63) is 144 Å². The number of aliphatic hydroxyl groups is 2. The van der Waals surface area contributed by atoms with E-state index in [1.165, 1.54) is 0 Å². The van der Waals surface area contributed by atoms with Crippen LogP contribution in [0, 0.1) is 21.6 Å². The van der Waals surface area contributed by atoms with Gasteiger partial charge in [0, 0.05) is 51.9 Å². The second-order valence-corrected chi connectivity index (χ2v) is 26.5. The molecule has 0 saturated heterocycles. The largest absolute Gasteiger partial charge is 0.481 e. The van der Waals surface area contributed by atoms with Crippen molar-refractivity contribution >= 4 is 94.8 Å². The van der Waals surface area contributed by atoms with Crippen LogP contribution in [-0.4, -0.2) is 220 Å². The van der Waals surface area contributed by atoms with Gasteiger partial charge in [-0.05, 0) is 100 Å². The van der Waals surface area contributed by atoms with Crippen LogP contribution in [-0.2, 0) is 83.2 Å². The monoisotopic (exact) mass is 1560 g/mol. The van der Waals surface area contributed by atoms with Crippen LogP contribution in [0.2, 0.25) is 0 Å². The first-order valence-electron chi connectivity index (χ1n) is 36.3. The topological polar surface area (TPSA) is 680 Å². The summed E-state index contributed by atoms with van der Waals surface area (Å²) in [5, 5.41) is 108. The Hall–Kier alpha value is -12.5. The zero-order chi connectivity index (χ0) is 82.8. The van der Waals surface area contributed by atoms with Crippen LogP contribution >= 0.6 is 0 Å². The quantitative estimate of drug-likeness (QED) is 0.0112. The number of nitrogens with two attached hydrogens (primary N) is 5. The first-order chi connectivity index (χ1) is 53.2. The fraction of sp³-hybridized carbons (Fsp3) is 0.452. The second-order valence-electron chi connectivity index (χ2n) is 26.5. The van der Waals surface area contributed by atoms with Crippen LogP contribution < -0.4 is 103 Å². The number of carbonyl (C=O) groups is 12. The SMILES string of the molecule is C[C@@H](O)[C@H](NC(=O)[C@H](CCCNC(=N)N)NC(=O)[C@H](CCCNC(=N)N)NC(=O)[C@H](Cc1ccccc1)NC(=O)[C@H](CCCNC(=N)N)NC(=O)[C@H](Cc1ccccc1)NC(=O)[C@H](CCCNC(=N)N)NC(=O)[C@@H](NC(=O)[C@H](CCC(=O)O)NC(=O)[C@@H](N)Cc1ccccc1)[C@@H](C)O)C(=O)N[C@@H](Cc1ccccc1)C(=O)O. The van der Waals surface area contributed by atoms with Gasteiger partial charge in [0.15, 0.2) is 23.8 Å². The van der Waals surface area contributed by atoms with Crippen molar-refractivity contribution in [1.29, 1.82) is 21.6 Å². The third-order valence-corrected chi connectivity index (χ3v) is 17.2. The lowest BCUT2D eigenvalue weighted by Gasteiger charge is -2.29. The summed E-state index contributed by atoms with van der Waals surface area (Å²) in [6.45, 7) is 2.19. The molecule has 13 atom stereocenters. The fourth-order valence-corrected chi connectivity index (χ4v) is 11.3. The number of carboxylic acids is 2. The van der Waals surface area contributed by atoms with E-state index in [1.807, 2.05) is 0 Å². The first kappa shape index (κ1) is 91.9. The highest BCUT2D eigenvalue weighted by Gasteiger charge is 2.38. The maximum Gasteiger partial charge on any atom is 0.326 e. The highest BCUT2D eigenvalue weighted by molar-refractivity contribution is 5.99. The summed E-state index contributed by atoms with van der Waals surface area (Å²) in [6, 6.07) is 15.8. The van der Waals surface area contributed by atoms with E-state index < -0.39 is 186 Å². The zero-order valence-electron chi connectivity index (χ0n) is 62.4. The van der Waals surface area contributed by atoms with Crippen LogP contribution in [0.5, 0.6) is 0 Å². The van der Waals surface area contributed by atoms with E-state index in [1.54, 1.807) is 121 Å². The molecule has 39 heteroatoms. The van der Waals surface area contributed by atoms with Crippen LogP contribution in [0.3, 0.4) is 0 Å². The third kappa shape index (κ3) is 35.2. The molecule has 0 fully saturated rings. The number of aliphatic carboxylic acids is 2. The smallest absolute Gasteiger partial charge is 0.326 e. The molecule has 0 radical (unpaired) electrons. The van der Waals surface area contributed by atoms with Crippen molar-refractivity contribution in [3.8, 4) is 0 Å². The van der Waals surface area contributed by atoms with Crippen molar-refractivity contribution in [1.82, 2.24) is 74.4 Å². The normalized spacial score (nSPS) is 14.4. The number of rotatable bonds is 50. The average molecular weight is 1560 g/mol. The van der Waals surface area contributed by atoms with E-state index in [9.17, 15) is 63.6 Å². The summed E-state index contributed by atoms with van der Waals surface area (Å²) >= 11 is 0. The Kier molecular flexibility index (Phi) is 40.0. The van der Waals surface area contributed by atoms with Crippen LogP contribution in [0.4, 0.5) is 0 Å². The summed E-state index contributed by atoms with van der Waals surface area (Å²) < 4.78 is 0. The summed E-state index contributed by atoms with van der Waals surface area (Å²) in [6.07, 6.45) is -6.11. The van der Waals surface area contributed by atoms with E-state index in [4.69, 9.17) is 50.3 Å². The number of aliphatic hydroxyl groups excluding tert-OH is 2. The summed E-state index contributed by atoms with van der Waals surface area (Å²) in [5.41, 5.74) is 30.5. The van der Waals surface area contributed by atoms with E-state index in [0.717, 1.165) is 13.8 Å². The molecule has 4 aromatic rings. The van der Waals surface area contributed by atoms with Gasteiger partial charge in [0.1, 0.15) is 60.4 Å². The molecule has 0 unspecified atom stereocenters. The molecule has 610 valence electrons. The number of amides is 10. The zero-order valence-corrected chi connectivity index (χ0v) is 62.4. The van der Waals surface area contributed by atoms with Gasteiger partial charge in [-0.1, -0.05) is 121 Å². The van der Waals surface area contributed by atoms with Gasteiger partial charge in [0.2, 0.25) is 59.1 Å². The van der Waals surface area contributed by atoms with Gasteiger partial charge in [-0.3, -0.25) is 74.4 Å². The van der Waals surface area contributed by atoms with Crippen molar-refractivity contribution in [2.24, 2.45) is 28.7 Å². The van der Waals surface area contributed by atoms with Crippen LogP contribution in [0.1, 0.15) is 100 Å². The van der Waals surface area contributed by atoms with Gasteiger partial charge < -0.3 is 124 Å². The third-order valence-electron chi connectivity index (χ3n) is 17.2. The Balaban J connectivity index is 1.72. The predicted octanol–water partition coefficient (Wildman–Crippen LogP) is -5.10. The molecule has 39 nitrogen and oxygen atoms in total. The van der Waals surface area contributed by atoms with Gasteiger partial charge >= 0.3 is 11.9 Å². The maximum atomic E-state index is 15.1. The lowest BCUT2D eigenvalue weighted by molar-refractivity contribution is -0.143. The lowest BCUT2D eigenvalue weighted by Crippen LogP contribution is -2.62. The highest BCUT2D eigenvalue weighted by atomic mass is 16.4. The standard InChI is InChI=1S/C73H107N23O16/c1-41(97)57(96-64(106)52(31-32-56(99)100)87-59(101)47(74)37-43-19-7-3-8-20-43)67(109)91-50(29-17-35-85-72(79)80)62(104)93-54(39-45-23-11-5-12-24-45)66(108)90-49(28-16-34-84-71(77)78)61(103)92-53(38-44-21-9-4-10-22-44)65(107)89-48(27-15-33-83-70(75)76)60(102)88-51(30-18-36-86-73(81)82)63(105)95-58(42(2)98)68(110)94-55(69(111)112)40-46-25-13-6-14-26-46/h3-14,19-26,41-42,47-55,57-58,97-98H,15-18,27-40,74H2,1-2H3,(H,87,101)(H,88,102)(H,89,107)(H,90,108)(H,91,109)(H,92,103)(H,93,104)(H,94,110)(H,95,105)(H,96,106)(H,99,100)(H,111,112)(H4,75,76,83)(H4,77,78,84)(H4,79,80,85)(H4,81,82,86)/t41-,42-,47+,48+,49+,50+,51+,52+,53+,54+,55+,57+,58+/m1/s1. The Morgan fingerprint density at radius 3 is 0.830 bits per heavy atom. The molecule has 4 rings (SSSR count). The van der Waals surface area contributed by atoms with Gasteiger partial charge in [0.05, 0.1) is 18.2 Å². The van der Waals surface area contributed by atoms with E-state index in [0.29, 0.717) is 22.3 Å². The number of carboxylic acid groups (broad SMARTS) is 2. The first-order valence-corrected chi connectivity index (χ1v) is 36.3. The van der Waals surface area contributed by atoms with Crippen LogP contribution in [0.25, 0.3) is 0 Å². The minimum atomic E-state index is -1.89. The molecular formula is C73H107N23O16. The highest BCUT2D eigenvalue weighted by Crippen LogP contribution is 2.14. The minimum Gasteiger partial charge on any atom is -0.481 e. The van der Waals surface area contributed by atoms with E-state index in [2.05, 4.69) is 74.4 Å². The second kappa shape index (κ2) is 48.8. The number of benzene rings is 4. The Morgan fingerprint density at radius 1 is 0.321 bits per heavy atom. The summed E-state index contributed by atoms with van der Waals surface area (Å²) in [4.78, 5) is 169. The molecule has 0 spiro atoms. The van der Waals surface area contributed by atoms with Gasteiger partial charge in [-0.15, -0.1) is 0 Å². The molecule has 0 aliphatic carbocycles. The molecular weight excluding hydrogens is 1450 g/mol. The maximum absolute atomic E-state index is 15.1. The van der Waals surface area contributed by atoms with E-state index >= 15 is 14.4 Å². The average Bonchev–Trinajstić information content (AvgIpc) is 0.859. The molecule has 0 aliphatic heterocycles. The minimum absolute atomic E-state index is 0.00330. The molecule has 4 aromatic carbocycles. The molecule has 32 N–H and O–H groups in total. The number of hydrogen-bond donors (Lipinski definition) is 27. The molecule has 0 aliphatic rings. The summed E-state index contributed by atoms with van der Waals surface area (Å²) in [5.74, 6) is -14.8. The number of carbonyl (C=O) groups excluding carboxylic acids is 10. The van der Waals surface area contributed by atoms with Crippen molar-refractivity contribution in [2.75, 3.05) is 26.2 Å². The molecule has 112 heavy (non-hydrogen) atoms. The Morgan fingerprint density at radius 2 is 0.554 bits per heavy atom. The molecule has 10 amide bonds. The van der Waals surface area contributed by atoms with Gasteiger partial charge in [-0.25, -0.2) is 4.79 Å². The van der Waals surface area contributed by atoms with Crippen molar-refractivity contribution in [2.45, 2.75) is 182 Å². The fourth-order valence-electron chi connectivity index (χ4n) is 11.3. The van der Waals surface area contributed by atoms with Gasteiger partial charge in [0.25, 0.3) is 0 Å². The molecule has 0 saturated carbocycles. The van der Waals surface area contributed by atoms with Crippen LogP contribution in [0.15, 0.2) is 121 Å². The summed E-state index contributed by atoms with van der Waals surface area (Å²) in [7, 11) is 0. The molecule has 0 aromatic heterocycles. The molecule has 0 bridgehead atoms. The molecule has 0 heterocycles.